The first-order valence-corrected chi connectivity index (χ1v) is 12.0. The zero-order valence-corrected chi connectivity index (χ0v) is 20.8. The quantitative estimate of drug-likeness (QED) is 0.213. The van der Waals surface area contributed by atoms with Crippen LogP contribution >= 0.6 is 23.4 Å². The lowest BCUT2D eigenvalue weighted by molar-refractivity contribution is -0.384. The number of rotatable bonds is 10. The number of hydrogen-bond acceptors (Lipinski definition) is 7. The van der Waals surface area contributed by atoms with Gasteiger partial charge in [0.05, 0.1) is 15.2 Å². The molecule has 0 aliphatic heterocycles. The number of anilines is 1. The van der Waals surface area contributed by atoms with Crippen molar-refractivity contribution in [1.29, 1.82) is 0 Å². The number of carbonyl (C=O) groups excluding carboxylic acids is 1. The summed E-state index contributed by atoms with van der Waals surface area (Å²) in [6.45, 7) is 8.42. The number of benzene rings is 2. The number of nitrogens with one attached hydrogen (secondary N) is 1. The van der Waals surface area contributed by atoms with Crippen LogP contribution in [-0.4, -0.2) is 30.8 Å². The molecule has 3 rings (SSSR count). The molecule has 9 nitrogen and oxygen atoms in total. The molecule has 11 heteroatoms. The average Bonchev–Trinajstić information content (AvgIpc) is 3.16. The first-order chi connectivity index (χ1) is 16.2. The maximum Gasteiger partial charge on any atom is 0.271 e. The molecule has 0 saturated heterocycles. The summed E-state index contributed by atoms with van der Waals surface area (Å²) in [5, 5.41) is 22.9. The van der Waals surface area contributed by atoms with Gasteiger partial charge in [-0.25, -0.2) is 0 Å². The Labute approximate surface area is 207 Å². The van der Waals surface area contributed by atoms with Crippen molar-refractivity contribution in [1.82, 2.24) is 14.8 Å². The summed E-state index contributed by atoms with van der Waals surface area (Å²) in [5.41, 5.74) is 0.268. The number of amides is 1. The van der Waals surface area contributed by atoms with Crippen LogP contribution < -0.4 is 10.1 Å². The number of nitro benzene ring substituents is 1. The second kappa shape index (κ2) is 11.3. The molecule has 34 heavy (non-hydrogen) atoms. The molecule has 1 N–H and O–H groups in total. The van der Waals surface area contributed by atoms with Gasteiger partial charge >= 0.3 is 0 Å². The Kier molecular flexibility index (Phi) is 8.51. The van der Waals surface area contributed by atoms with Gasteiger partial charge in [0.2, 0.25) is 5.91 Å². The molecular weight excluding hydrogens is 478 g/mol. The molecule has 0 radical (unpaired) electrons. The van der Waals surface area contributed by atoms with Crippen molar-refractivity contribution in [2.45, 2.75) is 50.8 Å². The smallest absolute Gasteiger partial charge is 0.271 e. The minimum absolute atomic E-state index is 0.0908. The molecule has 0 fully saturated rings. The van der Waals surface area contributed by atoms with Gasteiger partial charge in [-0.15, -0.1) is 10.2 Å². The normalized spacial score (nSPS) is 12.9. The van der Waals surface area contributed by atoms with E-state index < -0.39 is 16.3 Å². The number of non-ortho nitro benzene ring substituents is 1. The van der Waals surface area contributed by atoms with Crippen molar-refractivity contribution in [3.63, 3.8) is 0 Å². The van der Waals surface area contributed by atoms with Gasteiger partial charge in [-0.2, -0.15) is 0 Å². The van der Waals surface area contributed by atoms with Crippen LogP contribution in [0.25, 0.3) is 0 Å². The average molecular weight is 504 g/mol. The number of thioether (sulfide) groups is 1. The van der Waals surface area contributed by atoms with E-state index in [1.807, 2.05) is 23.6 Å². The summed E-state index contributed by atoms with van der Waals surface area (Å²) in [6, 6.07) is 13.0. The van der Waals surface area contributed by atoms with Crippen LogP contribution in [0.4, 0.5) is 11.4 Å². The number of carbonyl (C=O) groups is 1. The fourth-order valence-corrected chi connectivity index (χ4v) is 4.21. The highest BCUT2D eigenvalue weighted by Crippen LogP contribution is 2.31. The molecule has 0 bridgehead atoms. The molecule has 1 amide bonds. The van der Waals surface area contributed by atoms with E-state index in [9.17, 15) is 14.9 Å². The number of ether oxygens (including phenoxy) is 1. The van der Waals surface area contributed by atoms with Crippen molar-refractivity contribution in [3.8, 4) is 5.75 Å². The molecule has 2 unspecified atom stereocenters. The Morgan fingerprint density at radius 1 is 1.18 bits per heavy atom. The molecule has 180 valence electrons. The topological polar surface area (TPSA) is 112 Å². The fraction of sp³-hybridized carbons (Fsp3) is 0.348. The van der Waals surface area contributed by atoms with Crippen molar-refractivity contribution in [2.75, 3.05) is 5.32 Å². The van der Waals surface area contributed by atoms with Crippen molar-refractivity contribution in [3.05, 3.63) is 69.5 Å². The number of para-hydroxylation sites is 1. The largest absolute Gasteiger partial charge is 0.481 e. The summed E-state index contributed by atoms with van der Waals surface area (Å²) < 4.78 is 7.98. The number of nitrogens with zero attached hydrogens (tertiary/aromatic N) is 4. The Hall–Kier alpha value is -3.11. The maximum atomic E-state index is 12.8. The molecule has 1 heterocycles. The van der Waals surface area contributed by atoms with E-state index in [-0.39, 0.29) is 11.6 Å². The zero-order chi connectivity index (χ0) is 24.8. The second-order valence-corrected chi connectivity index (χ2v) is 9.81. The molecule has 2 aromatic carbocycles. The zero-order valence-electron chi connectivity index (χ0n) is 19.3. The van der Waals surface area contributed by atoms with Crippen molar-refractivity contribution >= 4 is 40.6 Å². The van der Waals surface area contributed by atoms with Crippen LogP contribution in [0, 0.1) is 16.0 Å². The van der Waals surface area contributed by atoms with Gasteiger partial charge in [-0.05, 0) is 38.0 Å². The molecule has 3 aromatic rings. The minimum atomic E-state index is -0.526. The first-order valence-electron chi connectivity index (χ1n) is 10.7. The third kappa shape index (κ3) is 6.48. The molecule has 2 atom stereocenters. The predicted octanol–water partition coefficient (Wildman–Crippen LogP) is 5.76. The van der Waals surface area contributed by atoms with Gasteiger partial charge in [-0.3, -0.25) is 14.9 Å². The van der Waals surface area contributed by atoms with E-state index in [4.69, 9.17) is 16.3 Å². The number of aromatic nitrogens is 3. The molecule has 0 saturated carbocycles. The van der Waals surface area contributed by atoms with Gasteiger partial charge in [-0.1, -0.05) is 55.4 Å². The van der Waals surface area contributed by atoms with Gasteiger partial charge in [0, 0.05) is 24.4 Å². The van der Waals surface area contributed by atoms with Crippen LogP contribution in [0.1, 0.15) is 39.6 Å². The number of hydrogen-bond donors (Lipinski definition) is 1. The molecule has 0 aliphatic rings. The monoisotopic (exact) mass is 503 g/mol. The Balaban J connectivity index is 1.76. The van der Waals surface area contributed by atoms with Gasteiger partial charge in [0.1, 0.15) is 5.75 Å². The lowest BCUT2D eigenvalue weighted by atomic mass is 10.2. The SMILES string of the molecule is CC(C)Cn1c(SC(C)C(=O)Nc2cccc([N+](=O)[O-])c2)nnc1C(C)Oc1ccccc1Cl. The first kappa shape index (κ1) is 25.5. The molecule has 0 aliphatic carbocycles. The minimum Gasteiger partial charge on any atom is -0.481 e. The van der Waals surface area contributed by atoms with E-state index in [1.54, 1.807) is 25.1 Å². The number of halogens is 1. The summed E-state index contributed by atoms with van der Waals surface area (Å²) in [5.74, 6) is 1.18. The second-order valence-electron chi connectivity index (χ2n) is 8.09. The Morgan fingerprint density at radius 3 is 2.59 bits per heavy atom. The third-order valence-corrected chi connectivity index (χ3v) is 6.17. The predicted molar refractivity (Wildman–Crippen MR) is 132 cm³/mol. The Bertz CT molecular complexity index is 1170. The highest BCUT2D eigenvalue weighted by atomic mass is 35.5. The van der Waals surface area contributed by atoms with Crippen LogP contribution in [-0.2, 0) is 11.3 Å². The van der Waals surface area contributed by atoms with E-state index in [0.29, 0.717) is 39.9 Å². The summed E-state index contributed by atoms with van der Waals surface area (Å²) >= 11 is 7.49. The lowest BCUT2D eigenvalue weighted by Gasteiger charge is -2.19. The Morgan fingerprint density at radius 2 is 1.91 bits per heavy atom. The van der Waals surface area contributed by atoms with Crippen LogP contribution in [0.2, 0.25) is 5.02 Å². The third-order valence-electron chi connectivity index (χ3n) is 4.77. The van der Waals surface area contributed by atoms with Crippen LogP contribution in [0.3, 0.4) is 0 Å². The summed E-state index contributed by atoms with van der Waals surface area (Å²) in [6.07, 6.45) is -0.422. The molecule has 0 spiro atoms. The van der Waals surface area contributed by atoms with Gasteiger partial charge in [0.15, 0.2) is 17.1 Å². The van der Waals surface area contributed by atoms with Crippen LogP contribution in [0.15, 0.2) is 53.7 Å². The maximum absolute atomic E-state index is 12.8. The fourth-order valence-electron chi connectivity index (χ4n) is 3.16. The number of nitro groups is 1. The standard InChI is InChI=1S/C23H26ClN5O4S/c1-14(2)13-28-21(15(3)33-20-11-6-5-10-19(20)24)26-27-23(28)34-16(4)22(30)25-17-8-7-9-18(12-17)29(31)32/h5-12,14-16H,13H2,1-4H3,(H,25,30). The van der Waals surface area contributed by atoms with Crippen LogP contribution in [0.5, 0.6) is 5.75 Å². The highest BCUT2D eigenvalue weighted by molar-refractivity contribution is 8.00. The van der Waals surface area contributed by atoms with E-state index in [0.717, 1.165) is 0 Å². The van der Waals surface area contributed by atoms with E-state index >= 15 is 0 Å². The molecule has 1 aromatic heterocycles. The van der Waals surface area contributed by atoms with Crippen molar-refractivity contribution in [2.24, 2.45) is 5.92 Å². The highest BCUT2D eigenvalue weighted by Gasteiger charge is 2.24. The summed E-state index contributed by atoms with van der Waals surface area (Å²) in [7, 11) is 0. The summed E-state index contributed by atoms with van der Waals surface area (Å²) in [4.78, 5) is 23.2. The van der Waals surface area contributed by atoms with Gasteiger partial charge in [0.25, 0.3) is 5.69 Å². The van der Waals surface area contributed by atoms with E-state index in [1.165, 1.54) is 30.0 Å². The molecular formula is C23H26ClN5O4S. The van der Waals surface area contributed by atoms with Crippen molar-refractivity contribution < 1.29 is 14.5 Å². The lowest BCUT2D eigenvalue weighted by Crippen LogP contribution is -2.23. The van der Waals surface area contributed by atoms with E-state index in [2.05, 4.69) is 29.4 Å². The van der Waals surface area contributed by atoms with Gasteiger partial charge < -0.3 is 14.6 Å².